The molecular weight excluding hydrogens is 425 g/mol. The maximum absolute atomic E-state index is 13.2. The molecule has 2 aliphatic rings. The Balaban J connectivity index is 2.07. The molecule has 0 N–H and O–H groups in total. The molecule has 0 radical (unpaired) electrons. The van der Waals surface area contributed by atoms with Crippen LogP contribution in [0.3, 0.4) is 0 Å². The third kappa shape index (κ3) is 4.63. The van der Waals surface area contributed by atoms with Crippen molar-refractivity contribution < 1.29 is 19.1 Å². The van der Waals surface area contributed by atoms with Gasteiger partial charge in [0.05, 0.1) is 16.7 Å². The minimum absolute atomic E-state index is 0.00865. The number of carbonyl (C=O) groups is 2. The van der Waals surface area contributed by atoms with E-state index in [-0.39, 0.29) is 17.8 Å². The quantitative estimate of drug-likeness (QED) is 0.429. The molecule has 5 nitrogen and oxygen atoms in total. The van der Waals surface area contributed by atoms with Crippen molar-refractivity contribution in [1.29, 1.82) is 0 Å². The van der Waals surface area contributed by atoms with Gasteiger partial charge < -0.3 is 9.47 Å². The Hall–Kier alpha value is -1.69. The molecule has 162 valence electrons. The van der Waals surface area contributed by atoms with E-state index in [0.29, 0.717) is 52.9 Å². The first-order valence-electron chi connectivity index (χ1n) is 10.2. The van der Waals surface area contributed by atoms with E-state index >= 15 is 0 Å². The fourth-order valence-electron chi connectivity index (χ4n) is 4.28. The fourth-order valence-corrected chi connectivity index (χ4v) is 4.71. The lowest BCUT2D eigenvalue weighted by molar-refractivity contribution is -0.148. The van der Waals surface area contributed by atoms with Crippen molar-refractivity contribution in [2.75, 3.05) is 19.8 Å². The highest BCUT2D eigenvalue weighted by atomic mass is 35.5. The van der Waals surface area contributed by atoms with Crippen LogP contribution in [0.25, 0.3) is 0 Å². The van der Waals surface area contributed by atoms with Crippen molar-refractivity contribution in [2.45, 2.75) is 46.5 Å². The highest BCUT2D eigenvalue weighted by Gasteiger charge is 2.46. The summed E-state index contributed by atoms with van der Waals surface area (Å²) < 4.78 is 10.7. The Morgan fingerprint density at radius 3 is 2.67 bits per heavy atom. The largest absolute Gasteiger partial charge is 0.463 e. The molecule has 1 heterocycles. The van der Waals surface area contributed by atoms with Crippen LogP contribution >= 0.6 is 23.2 Å². The summed E-state index contributed by atoms with van der Waals surface area (Å²) in [6, 6.07) is 5.28. The zero-order chi connectivity index (χ0) is 22.1. The minimum Gasteiger partial charge on any atom is -0.463 e. The molecule has 1 aliphatic carbocycles. The number of allylic oxidation sites excluding steroid dienone is 2. The van der Waals surface area contributed by atoms with Crippen LogP contribution in [0.15, 0.2) is 34.5 Å². The average Bonchev–Trinajstić information content (AvgIpc) is 2.65. The standard InChI is InChI=1S/C23H27Cl2NO4/c1-5-29-9-10-30-22(28)18-13(2)26-16-11-23(3,4)12-17(27)20(16)19(18)14-7-6-8-15(24)21(14)25/h6-8,18-19H,5,9-12H2,1-4H3/t18?,19-/m1/s1. The number of rotatable bonds is 6. The summed E-state index contributed by atoms with van der Waals surface area (Å²) in [6.07, 6.45) is 1.05. The van der Waals surface area contributed by atoms with Gasteiger partial charge in [-0.05, 0) is 37.3 Å². The molecule has 7 heteroatoms. The van der Waals surface area contributed by atoms with E-state index in [2.05, 4.69) is 13.8 Å². The minimum atomic E-state index is -0.744. The van der Waals surface area contributed by atoms with Crippen LogP contribution in [0.4, 0.5) is 0 Å². The maximum Gasteiger partial charge on any atom is 0.315 e. The topological polar surface area (TPSA) is 65.0 Å². The number of nitrogens with zero attached hydrogens (tertiary/aromatic N) is 1. The predicted octanol–water partition coefficient (Wildman–Crippen LogP) is 5.39. The van der Waals surface area contributed by atoms with Crippen molar-refractivity contribution >= 4 is 40.7 Å². The van der Waals surface area contributed by atoms with Gasteiger partial charge in [0.1, 0.15) is 12.5 Å². The molecule has 0 aromatic heterocycles. The number of hydrogen-bond donors (Lipinski definition) is 0. The summed E-state index contributed by atoms with van der Waals surface area (Å²) in [4.78, 5) is 31.0. The molecule has 3 rings (SSSR count). The number of ketones is 1. The second-order valence-electron chi connectivity index (χ2n) is 8.52. The number of aliphatic imine (C=N–C) groups is 1. The molecule has 2 atom stereocenters. The van der Waals surface area contributed by atoms with Crippen LogP contribution in [0.2, 0.25) is 10.0 Å². The van der Waals surface area contributed by atoms with Crippen LogP contribution < -0.4 is 0 Å². The Morgan fingerprint density at radius 1 is 1.23 bits per heavy atom. The number of halogens is 2. The van der Waals surface area contributed by atoms with Crippen molar-refractivity contribution in [3.63, 3.8) is 0 Å². The molecule has 0 spiro atoms. The first-order chi connectivity index (χ1) is 14.2. The number of ether oxygens (including phenoxy) is 2. The molecule has 0 amide bonds. The first kappa shape index (κ1) is 23.0. The summed E-state index contributed by atoms with van der Waals surface area (Å²) in [5.41, 5.74) is 2.35. The van der Waals surface area contributed by atoms with Crippen LogP contribution in [0.5, 0.6) is 0 Å². The van der Waals surface area contributed by atoms with Gasteiger partial charge in [-0.1, -0.05) is 49.2 Å². The van der Waals surface area contributed by atoms with Gasteiger partial charge in [0.25, 0.3) is 0 Å². The Morgan fingerprint density at radius 2 is 1.97 bits per heavy atom. The van der Waals surface area contributed by atoms with Gasteiger partial charge in [-0.25, -0.2) is 0 Å². The molecule has 0 saturated carbocycles. The summed E-state index contributed by atoms with van der Waals surface area (Å²) in [7, 11) is 0. The van der Waals surface area contributed by atoms with Gasteiger partial charge in [0.15, 0.2) is 5.78 Å². The molecule has 0 bridgehead atoms. The lowest BCUT2D eigenvalue weighted by Gasteiger charge is -2.39. The van der Waals surface area contributed by atoms with Gasteiger partial charge in [-0.2, -0.15) is 0 Å². The maximum atomic E-state index is 13.2. The fraction of sp³-hybridized carbons (Fsp3) is 0.522. The van der Waals surface area contributed by atoms with E-state index in [9.17, 15) is 9.59 Å². The lowest BCUT2D eigenvalue weighted by atomic mass is 9.67. The summed E-state index contributed by atoms with van der Waals surface area (Å²) >= 11 is 12.8. The molecule has 1 unspecified atom stereocenters. The molecule has 0 fully saturated rings. The highest BCUT2D eigenvalue weighted by Crippen LogP contribution is 2.49. The SMILES string of the molecule is CCOCCOC(=O)C1C(C)=NC2=C(C(=O)CC(C)(C)C2)[C@@H]1c1cccc(Cl)c1Cl. The van der Waals surface area contributed by atoms with Crippen LogP contribution in [0.1, 0.15) is 52.0 Å². The Kier molecular flexibility index (Phi) is 7.05. The van der Waals surface area contributed by atoms with E-state index in [0.717, 1.165) is 5.70 Å². The van der Waals surface area contributed by atoms with E-state index in [4.69, 9.17) is 37.7 Å². The molecule has 1 aliphatic heterocycles. The second kappa shape index (κ2) is 9.21. The third-order valence-corrected chi connectivity index (χ3v) is 6.38. The number of esters is 1. The van der Waals surface area contributed by atoms with Gasteiger partial charge in [-0.3, -0.25) is 14.6 Å². The van der Waals surface area contributed by atoms with E-state index in [1.54, 1.807) is 19.1 Å². The number of carbonyl (C=O) groups excluding carboxylic acids is 2. The predicted molar refractivity (Wildman–Crippen MR) is 118 cm³/mol. The lowest BCUT2D eigenvalue weighted by Crippen LogP contribution is -2.40. The van der Waals surface area contributed by atoms with Gasteiger partial charge >= 0.3 is 5.97 Å². The number of benzene rings is 1. The van der Waals surface area contributed by atoms with E-state index < -0.39 is 17.8 Å². The highest BCUT2D eigenvalue weighted by molar-refractivity contribution is 6.42. The number of hydrogen-bond acceptors (Lipinski definition) is 5. The normalized spacial score (nSPS) is 23.1. The third-order valence-electron chi connectivity index (χ3n) is 5.55. The van der Waals surface area contributed by atoms with Crippen molar-refractivity contribution in [1.82, 2.24) is 0 Å². The average molecular weight is 452 g/mol. The zero-order valence-electron chi connectivity index (χ0n) is 17.8. The Labute approximate surface area is 187 Å². The van der Waals surface area contributed by atoms with Crippen molar-refractivity contribution in [3.05, 3.63) is 45.1 Å². The summed E-state index contributed by atoms with van der Waals surface area (Å²) in [5.74, 6) is -1.77. The monoisotopic (exact) mass is 451 g/mol. The Bertz CT molecular complexity index is 920. The number of Topliss-reactive ketones (excluding diaryl/α,β-unsaturated/α-hetero) is 1. The van der Waals surface area contributed by atoms with Crippen LogP contribution in [-0.2, 0) is 19.1 Å². The van der Waals surface area contributed by atoms with E-state index in [1.807, 2.05) is 13.0 Å². The molecule has 0 saturated heterocycles. The summed E-state index contributed by atoms with van der Waals surface area (Å²) in [6.45, 7) is 8.78. The molecule has 1 aromatic carbocycles. The van der Waals surface area contributed by atoms with Gasteiger partial charge in [-0.15, -0.1) is 0 Å². The molecule has 1 aromatic rings. The molecule has 30 heavy (non-hydrogen) atoms. The summed E-state index contributed by atoms with van der Waals surface area (Å²) in [5, 5.41) is 0.721. The molecular formula is C23H27Cl2NO4. The second-order valence-corrected chi connectivity index (χ2v) is 9.30. The first-order valence-corrected chi connectivity index (χ1v) is 10.9. The van der Waals surface area contributed by atoms with Gasteiger partial charge in [0, 0.05) is 35.9 Å². The smallest absolute Gasteiger partial charge is 0.315 e. The van der Waals surface area contributed by atoms with Gasteiger partial charge in [0.2, 0.25) is 0 Å². The zero-order valence-corrected chi connectivity index (χ0v) is 19.3. The van der Waals surface area contributed by atoms with Crippen LogP contribution in [-0.4, -0.2) is 37.3 Å². The van der Waals surface area contributed by atoms with E-state index in [1.165, 1.54) is 0 Å². The van der Waals surface area contributed by atoms with Crippen molar-refractivity contribution in [2.24, 2.45) is 16.3 Å². The van der Waals surface area contributed by atoms with Crippen LogP contribution in [0, 0.1) is 11.3 Å². The van der Waals surface area contributed by atoms with Crippen molar-refractivity contribution in [3.8, 4) is 0 Å².